The van der Waals surface area contributed by atoms with Crippen LogP contribution >= 0.6 is 0 Å². The van der Waals surface area contributed by atoms with Gasteiger partial charge in [-0.25, -0.2) is 19.7 Å². The molecule has 2 aromatic heterocycles. The van der Waals surface area contributed by atoms with Crippen molar-refractivity contribution in [2.24, 2.45) is 0 Å². The zero-order valence-corrected chi connectivity index (χ0v) is 19.7. The van der Waals surface area contributed by atoms with Crippen molar-refractivity contribution in [2.45, 2.75) is 26.4 Å². The lowest BCUT2D eigenvalue weighted by atomic mass is 10.2. The number of amides is 1. The van der Waals surface area contributed by atoms with Gasteiger partial charge in [0.1, 0.15) is 35.9 Å². The summed E-state index contributed by atoms with van der Waals surface area (Å²) in [4.78, 5) is 29.3. The van der Waals surface area contributed by atoms with Gasteiger partial charge in [-0.1, -0.05) is 12.1 Å². The number of pyridine rings is 1. The van der Waals surface area contributed by atoms with Crippen LogP contribution in [-0.4, -0.2) is 70.9 Å². The fourth-order valence-electron chi connectivity index (χ4n) is 3.61. The summed E-state index contributed by atoms with van der Waals surface area (Å²) in [6.45, 7) is 8.44. The lowest BCUT2D eigenvalue weighted by molar-refractivity contribution is 0.0240. The molecule has 1 saturated heterocycles. The first kappa shape index (κ1) is 23.3. The van der Waals surface area contributed by atoms with E-state index < -0.39 is 5.60 Å². The Hall–Kier alpha value is -3.82. The number of benzene rings is 1. The smallest absolute Gasteiger partial charge is 0.410 e. The van der Waals surface area contributed by atoms with Crippen LogP contribution in [0.5, 0.6) is 11.6 Å². The van der Waals surface area contributed by atoms with E-state index >= 15 is 0 Å². The Morgan fingerprint density at radius 2 is 1.74 bits per heavy atom. The fraction of sp³-hybridized carbons (Fsp3) is 0.417. The molecule has 1 amide bonds. The molecule has 1 aromatic carbocycles. The second-order valence-electron chi connectivity index (χ2n) is 8.90. The molecule has 3 heterocycles. The van der Waals surface area contributed by atoms with Crippen LogP contribution in [0.4, 0.5) is 16.4 Å². The third kappa shape index (κ3) is 5.75. The summed E-state index contributed by atoms with van der Waals surface area (Å²) in [6.07, 6.45) is 2.92. The van der Waals surface area contributed by atoms with Crippen molar-refractivity contribution >= 4 is 28.6 Å². The van der Waals surface area contributed by atoms with Gasteiger partial charge in [0.2, 0.25) is 0 Å². The number of rotatable bonds is 6. The molecule has 0 radical (unpaired) electrons. The fourth-order valence-corrected chi connectivity index (χ4v) is 3.61. The minimum atomic E-state index is -0.517. The van der Waals surface area contributed by atoms with Crippen LogP contribution in [-0.2, 0) is 4.74 Å². The summed E-state index contributed by atoms with van der Waals surface area (Å²) in [5.74, 6) is 2.16. The molecule has 0 bridgehead atoms. The number of para-hydroxylation sites is 1. The molecule has 10 heteroatoms. The molecule has 0 unspecified atom stereocenters. The van der Waals surface area contributed by atoms with Crippen LogP contribution in [0, 0.1) is 0 Å². The molecule has 0 aliphatic carbocycles. The van der Waals surface area contributed by atoms with Gasteiger partial charge in [-0.15, -0.1) is 0 Å². The van der Waals surface area contributed by atoms with E-state index in [9.17, 15) is 4.79 Å². The average Bonchev–Trinajstić information content (AvgIpc) is 2.81. The number of hydrogen-bond acceptors (Lipinski definition) is 9. The Morgan fingerprint density at radius 3 is 2.50 bits per heavy atom. The highest BCUT2D eigenvalue weighted by molar-refractivity contribution is 5.85. The van der Waals surface area contributed by atoms with E-state index in [1.807, 2.05) is 45.0 Å². The van der Waals surface area contributed by atoms with Crippen molar-refractivity contribution in [3.8, 4) is 11.6 Å². The van der Waals surface area contributed by atoms with Crippen LogP contribution in [0.3, 0.4) is 0 Å². The van der Waals surface area contributed by atoms with Gasteiger partial charge in [0.05, 0.1) is 0 Å². The van der Waals surface area contributed by atoms with Gasteiger partial charge in [0, 0.05) is 44.0 Å². The van der Waals surface area contributed by atoms with Gasteiger partial charge in [0.15, 0.2) is 5.82 Å². The molecule has 2 N–H and O–H groups in total. The number of nitrogens with zero attached hydrogens (tertiary/aromatic N) is 5. The van der Waals surface area contributed by atoms with E-state index in [4.69, 9.17) is 19.9 Å². The molecular weight excluding hydrogens is 436 g/mol. The van der Waals surface area contributed by atoms with E-state index in [1.165, 1.54) is 0 Å². The minimum Gasteiger partial charge on any atom is -0.488 e. The molecule has 0 spiro atoms. The van der Waals surface area contributed by atoms with Gasteiger partial charge < -0.3 is 29.7 Å². The van der Waals surface area contributed by atoms with E-state index in [2.05, 4.69) is 19.9 Å². The highest BCUT2D eigenvalue weighted by Crippen LogP contribution is 2.26. The van der Waals surface area contributed by atoms with Gasteiger partial charge in [-0.05, 0) is 39.0 Å². The van der Waals surface area contributed by atoms with E-state index in [1.54, 1.807) is 23.4 Å². The number of carbonyl (C=O) groups is 1. The average molecular weight is 467 g/mol. The monoisotopic (exact) mass is 466 g/mol. The first-order valence-electron chi connectivity index (χ1n) is 11.2. The Kier molecular flexibility index (Phi) is 6.85. The van der Waals surface area contributed by atoms with E-state index in [0.29, 0.717) is 61.6 Å². The summed E-state index contributed by atoms with van der Waals surface area (Å²) in [7, 11) is 0. The number of carbonyl (C=O) groups excluding carboxylic acids is 1. The maximum absolute atomic E-state index is 12.3. The molecule has 10 nitrogen and oxygen atoms in total. The molecule has 34 heavy (non-hydrogen) atoms. The third-order valence-corrected chi connectivity index (χ3v) is 5.16. The summed E-state index contributed by atoms with van der Waals surface area (Å²) in [5.41, 5.74) is 6.02. The number of nitrogens with two attached hydrogens (primary N) is 1. The van der Waals surface area contributed by atoms with Crippen molar-refractivity contribution in [1.82, 2.24) is 19.9 Å². The number of aromatic nitrogens is 3. The van der Waals surface area contributed by atoms with Gasteiger partial charge in [0.25, 0.3) is 5.88 Å². The first-order valence-corrected chi connectivity index (χ1v) is 11.2. The van der Waals surface area contributed by atoms with Crippen LogP contribution in [0.15, 0.2) is 42.7 Å². The second kappa shape index (κ2) is 9.98. The summed E-state index contributed by atoms with van der Waals surface area (Å²) in [5, 5.41) is 0.953. The Morgan fingerprint density at radius 1 is 1.00 bits per heavy atom. The van der Waals surface area contributed by atoms with Crippen molar-refractivity contribution < 1.29 is 19.0 Å². The van der Waals surface area contributed by atoms with Crippen LogP contribution in [0.2, 0.25) is 0 Å². The number of fused-ring (bicyclic) bond motifs is 1. The maximum atomic E-state index is 12.3. The standard InChI is InChI=1S/C24H30N6O4/c1-24(2,3)34-23(31)30-13-11-29(12-14-30)21-22(27-10-9-26-21)33-16-15-32-18-6-4-5-17-7-8-19(25)28-20(17)18/h4-10H,11-16H2,1-3H3,(H2,25,28). The van der Waals surface area contributed by atoms with Gasteiger partial charge in [-0.3, -0.25) is 0 Å². The molecule has 0 atom stereocenters. The molecule has 0 saturated carbocycles. The Labute approximate surface area is 198 Å². The number of hydrogen-bond donors (Lipinski definition) is 1. The lowest BCUT2D eigenvalue weighted by Gasteiger charge is -2.36. The van der Waals surface area contributed by atoms with Crippen molar-refractivity contribution in [3.05, 3.63) is 42.7 Å². The summed E-state index contributed by atoms with van der Waals surface area (Å²) >= 11 is 0. The summed E-state index contributed by atoms with van der Waals surface area (Å²) in [6, 6.07) is 9.40. The zero-order valence-electron chi connectivity index (χ0n) is 19.7. The van der Waals surface area contributed by atoms with E-state index in [0.717, 1.165) is 5.39 Å². The molecule has 3 aromatic rings. The summed E-state index contributed by atoms with van der Waals surface area (Å²) < 4.78 is 17.3. The molecule has 180 valence electrons. The molecule has 1 aliphatic rings. The highest BCUT2D eigenvalue weighted by Gasteiger charge is 2.27. The number of piperazine rings is 1. The zero-order chi connectivity index (χ0) is 24.1. The largest absolute Gasteiger partial charge is 0.488 e. The first-order chi connectivity index (χ1) is 16.3. The third-order valence-electron chi connectivity index (χ3n) is 5.16. The molecule has 4 rings (SSSR count). The van der Waals surface area contributed by atoms with Crippen LogP contribution in [0.25, 0.3) is 10.9 Å². The Balaban J connectivity index is 1.32. The lowest BCUT2D eigenvalue weighted by Crippen LogP contribution is -2.50. The predicted molar refractivity (Wildman–Crippen MR) is 129 cm³/mol. The quantitative estimate of drug-likeness (QED) is 0.547. The second-order valence-corrected chi connectivity index (χ2v) is 8.90. The van der Waals surface area contributed by atoms with Gasteiger partial charge in [-0.2, -0.15) is 0 Å². The highest BCUT2D eigenvalue weighted by atomic mass is 16.6. The van der Waals surface area contributed by atoms with Crippen molar-refractivity contribution in [2.75, 3.05) is 50.0 Å². The number of nitrogen functional groups attached to an aromatic ring is 1. The van der Waals surface area contributed by atoms with Crippen molar-refractivity contribution in [1.29, 1.82) is 0 Å². The van der Waals surface area contributed by atoms with Crippen molar-refractivity contribution in [3.63, 3.8) is 0 Å². The normalized spacial score (nSPS) is 14.2. The molecule has 1 fully saturated rings. The minimum absolute atomic E-state index is 0.280. The molecule has 1 aliphatic heterocycles. The number of ether oxygens (including phenoxy) is 3. The van der Waals surface area contributed by atoms with E-state index in [-0.39, 0.29) is 12.7 Å². The SMILES string of the molecule is CC(C)(C)OC(=O)N1CCN(c2nccnc2OCCOc2cccc3ccc(N)nc23)CC1. The van der Waals surface area contributed by atoms with Crippen LogP contribution < -0.4 is 20.1 Å². The van der Waals surface area contributed by atoms with Crippen LogP contribution in [0.1, 0.15) is 20.8 Å². The van der Waals surface area contributed by atoms with Gasteiger partial charge >= 0.3 is 6.09 Å². The Bertz CT molecular complexity index is 1140. The molecular formula is C24H30N6O4. The topological polar surface area (TPSA) is 116 Å². The maximum Gasteiger partial charge on any atom is 0.410 e. The number of anilines is 2. The predicted octanol–water partition coefficient (Wildman–Crippen LogP) is 3.12.